The molecule has 2 aromatic heterocycles. The number of piperidine rings is 1. The van der Waals surface area contributed by atoms with Crippen LogP contribution in [0.4, 0.5) is 0 Å². The molecule has 0 saturated carbocycles. The molecule has 1 atom stereocenters. The quantitative estimate of drug-likeness (QED) is 0.895. The normalized spacial score (nSPS) is 20.4. The van der Waals surface area contributed by atoms with Crippen molar-refractivity contribution in [3.63, 3.8) is 0 Å². The zero-order chi connectivity index (χ0) is 12.5. The Kier molecular flexibility index (Phi) is 3.26. The average molecular weight is 310 g/mol. The minimum atomic E-state index is 0.268. The van der Waals surface area contributed by atoms with Crippen LogP contribution in [0.1, 0.15) is 18.7 Å². The van der Waals surface area contributed by atoms with Gasteiger partial charge in [-0.3, -0.25) is 4.40 Å². The molecule has 4 nitrogen and oxygen atoms in total. The lowest BCUT2D eigenvalue weighted by molar-refractivity contribution is 0.370. The molecule has 2 N–H and O–H groups in total. The van der Waals surface area contributed by atoms with Crippen LogP contribution in [0, 0.1) is 5.92 Å². The largest absolute Gasteiger partial charge is 0.506 e. The zero-order valence-corrected chi connectivity index (χ0v) is 11.7. The van der Waals surface area contributed by atoms with Crippen LogP contribution in [0.25, 0.3) is 5.52 Å². The van der Waals surface area contributed by atoms with E-state index in [1.165, 1.54) is 12.8 Å². The molecule has 0 aliphatic carbocycles. The third kappa shape index (κ3) is 2.12. The molecule has 1 saturated heterocycles. The highest BCUT2D eigenvalue weighted by atomic mass is 79.9. The maximum atomic E-state index is 9.87. The molecule has 96 valence electrons. The van der Waals surface area contributed by atoms with E-state index in [2.05, 4.69) is 26.2 Å². The molecule has 0 bridgehead atoms. The highest BCUT2D eigenvalue weighted by molar-refractivity contribution is 9.10. The summed E-state index contributed by atoms with van der Waals surface area (Å²) in [5.41, 5.74) is 0.760. The number of fused-ring (bicyclic) bond motifs is 1. The van der Waals surface area contributed by atoms with Gasteiger partial charge in [-0.25, -0.2) is 4.98 Å². The molecule has 1 unspecified atom stereocenters. The fraction of sp³-hybridized carbons (Fsp3) is 0.462. The number of halogens is 1. The number of pyridine rings is 1. The predicted octanol–water partition coefficient (Wildman–Crippen LogP) is 2.34. The van der Waals surface area contributed by atoms with Crippen LogP contribution in [0.2, 0.25) is 0 Å². The van der Waals surface area contributed by atoms with Crippen LogP contribution >= 0.6 is 15.9 Å². The lowest BCUT2D eigenvalue weighted by Gasteiger charge is -2.21. The van der Waals surface area contributed by atoms with Crippen molar-refractivity contribution in [3.05, 3.63) is 28.8 Å². The molecule has 0 spiro atoms. The van der Waals surface area contributed by atoms with Crippen molar-refractivity contribution in [1.82, 2.24) is 14.7 Å². The molecule has 0 radical (unpaired) electrons. The van der Waals surface area contributed by atoms with E-state index in [4.69, 9.17) is 0 Å². The number of nitrogens with zero attached hydrogens (tertiary/aromatic N) is 2. The Balaban J connectivity index is 1.94. The van der Waals surface area contributed by atoms with E-state index in [0.717, 1.165) is 35.5 Å². The molecule has 0 amide bonds. The maximum absolute atomic E-state index is 9.87. The summed E-state index contributed by atoms with van der Waals surface area (Å²) in [5, 5.41) is 13.3. The van der Waals surface area contributed by atoms with Gasteiger partial charge in [0, 0.05) is 12.6 Å². The van der Waals surface area contributed by atoms with Gasteiger partial charge in [0.1, 0.15) is 21.7 Å². The van der Waals surface area contributed by atoms with Crippen molar-refractivity contribution in [2.75, 3.05) is 13.1 Å². The Hall–Kier alpha value is -1.07. The zero-order valence-electron chi connectivity index (χ0n) is 10.1. The first-order valence-electron chi connectivity index (χ1n) is 6.31. The van der Waals surface area contributed by atoms with Crippen LogP contribution in [-0.2, 0) is 6.42 Å². The highest BCUT2D eigenvalue weighted by Gasteiger charge is 2.18. The number of rotatable bonds is 2. The number of hydrogen-bond acceptors (Lipinski definition) is 3. The molecule has 1 fully saturated rings. The fourth-order valence-corrected chi connectivity index (χ4v) is 3.24. The molecule has 0 aromatic carbocycles. The molecule has 5 heteroatoms. The Labute approximate surface area is 114 Å². The van der Waals surface area contributed by atoms with Gasteiger partial charge in [-0.15, -0.1) is 0 Å². The van der Waals surface area contributed by atoms with Gasteiger partial charge in [0.15, 0.2) is 0 Å². The second-order valence-corrected chi connectivity index (χ2v) is 5.60. The Morgan fingerprint density at radius 2 is 2.44 bits per heavy atom. The van der Waals surface area contributed by atoms with E-state index in [0.29, 0.717) is 5.92 Å². The molecule has 1 aliphatic rings. The summed E-state index contributed by atoms with van der Waals surface area (Å²) in [4.78, 5) is 4.54. The van der Waals surface area contributed by atoms with E-state index in [9.17, 15) is 5.11 Å². The van der Waals surface area contributed by atoms with Crippen molar-refractivity contribution >= 4 is 21.4 Å². The van der Waals surface area contributed by atoms with Crippen molar-refractivity contribution in [1.29, 1.82) is 0 Å². The molecule has 3 rings (SSSR count). The van der Waals surface area contributed by atoms with Gasteiger partial charge in [-0.1, -0.05) is 0 Å². The first-order valence-corrected chi connectivity index (χ1v) is 7.10. The summed E-state index contributed by atoms with van der Waals surface area (Å²) in [5.74, 6) is 1.92. The van der Waals surface area contributed by atoms with Gasteiger partial charge in [0.05, 0.1) is 0 Å². The van der Waals surface area contributed by atoms with Gasteiger partial charge in [0.2, 0.25) is 0 Å². The number of nitrogens with one attached hydrogen (secondary N) is 1. The van der Waals surface area contributed by atoms with Gasteiger partial charge in [0.25, 0.3) is 0 Å². The fourth-order valence-electron chi connectivity index (χ4n) is 2.64. The van der Waals surface area contributed by atoms with Crippen LogP contribution in [-0.4, -0.2) is 27.6 Å². The summed E-state index contributed by atoms with van der Waals surface area (Å²) in [6, 6.07) is 3.53. The molecule has 3 heterocycles. The predicted molar refractivity (Wildman–Crippen MR) is 73.9 cm³/mol. The number of aromatic hydroxyl groups is 1. The molecule has 2 aromatic rings. The van der Waals surface area contributed by atoms with E-state index in [-0.39, 0.29) is 5.75 Å². The minimum absolute atomic E-state index is 0.268. The van der Waals surface area contributed by atoms with Gasteiger partial charge in [-0.05, 0) is 59.9 Å². The number of imidazole rings is 1. The van der Waals surface area contributed by atoms with E-state index < -0.39 is 0 Å². The lowest BCUT2D eigenvalue weighted by Crippen LogP contribution is -2.31. The summed E-state index contributed by atoms with van der Waals surface area (Å²) in [7, 11) is 0. The summed E-state index contributed by atoms with van der Waals surface area (Å²) in [6.07, 6.45) is 5.39. The van der Waals surface area contributed by atoms with E-state index >= 15 is 0 Å². The maximum Gasteiger partial charge on any atom is 0.142 e. The van der Waals surface area contributed by atoms with Crippen LogP contribution in [0.15, 0.2) is 22.9 Å². The molecule has 1 aliphatic heterocycles. The van der Waals surface area contributed by atoms with Gasteiger partial charge in [-0.2, -0.15) is 0 Å². The second kappa shape index (κ2) is 4.90. The third-order valence-electron chi connectivity index (χ3n) is 3.54. The van der Waals surface area contributed by atoms with Crippen LogP contribution in [0.3, 0.4) is 0 Å². The Bertz CT molecular complexity index is 561. The topological polar surface area (TPSA) is 49.6 Å². The minimum Gasteiger partial charge on any atom is -0.506 e. The second-order valence-electron chi connectivity index (χ2n) is 4.85. The Morgan fingerprint density at radius 1 is 1.56 bits per heavy atom. The summed E-state index contributed by atoms with van der Waals surface area (Å²) >= 11 is 3.43. The summed E-state index contributed by atoms with van der Waals surface area (Å²) in [6.45, 7) is 2.19. The van der Waals surface area contributed by atoms with E-state index in [1.54, 1.807) is 6.07 Å². The van der Waals surface area contributed by atoms with Crippen LogP contribution in [0.5, 0.6) is 5.75 Å². The van der Waals surface area contributed by atoms with Crippen molar-refractivity contribution in [2.24, 2.45) is 5.92 Å². The first kappa shape index (κ1) is 12.0. The molecular formula is C13H16BrN3O. The average Bonchev–Trinajstić information content (AvgIpc) is 2.69. The van der Waals surface area contributed by atoms with E-state index in [1.807, 2.05) is 16.7 Å². The molecular weight excluding hydrogens is 294 g/mol. The standard InChI is InChI=1S/C13H16BrN3O/c14-13-12-10(18)4-2-6-17(12)11(16-13)7-9-3-1-5-15-8-9/h2,4,6,9,15,18H,1,3,5,7-8H2. The number of aromatic nitrogens is 2. The smallest absolute Gasteiger partial charge is 0.142 e. The van der Waals surface area contributed by atoms with Crippen LogP contribution < -0.4 is 5.32 Å². The highest BCUT2D eigenvalue weighted by Crippen LogP contribution is 2.28. The van der Waals surface area contributed by atoms with Crippen molar-refractivity contribution in [3.8, 4) is 5.75 Å². The Morgan fingerprint density at radius 3 is 3.22 bits per heavy atom. The van der Waals surface area contributed by atoms with Crippen molar-refractivity contribution < 1.29 is 5.11 Å². The van der Waals surface area contributed by atoms with Gasteiger partial charge < -0.3 is 10.4 Å². The SMILES string of the molecule is Oc1cccn2c(CC3CCCNC3)nc(Br)c12. The number of hydrogen-bond donors (Lipinski definition) is 2. The third-order valence-corrected chi connectivity index (χ3v) is 4.10. The summed E-state index contributed by atoms with van der Waals surface area (Å²) < 4.78 is 2.70. The lowest BCUT2D eigenvalue weighted by atomic mass is 9.96. The monoisotopic (exact) mass is 309 g/mol. The molecule has 18 heavy (non-hydrogen) atoms. The van der Waals surface area contributed by atoms with Gasteiger partial charge >= 0.3 is 0 Å². The van der Waals surface area contributed by atoms with Crippen molar-refractivity contribution in [2.45, 2.75) is 19.3 Å². The first-order chi connectivity index (χ1) is 8.75.